The van der Waals surface area contributed by atoms with Gasteiger partial charge >= 0.3 is 0 Å². The molecule has 0 unspecified atom stereocenters. The summed E-state index contributed by atoms with van der Waals surface area (Å²) in [7, 11) is 3.87. The van der Waals surface area contributed by atoms with Gasteiger partial charge in [0.1, 0.15) is 6.54 Å². The van der Waals surface area contributed by atoms with Crippen molar-refractivity contribution in [3.8, 4) is 16.9 Å². The summed E-state index contributed by atoms with van der Waals surface area (Å²) in [5, 5.41) is 5.42. The van der Waals surface area contributed by atoms with Gasteiger partial charge in [-0.1, -0.05) is 41.9 Å². The van der Waals surface area contributed by atoms with Crippen molar-refractivity contribution in [2.75, 3.05) is 39.0 Å². The molecule has 36 heavy (non-hydrogen) atoms. The molecule has 7 nitrogen and oxygen atoms in total. The van der Waals surface area contributed by atoms with Crippen LogP contribution in [-0.2, 0) is 4.79 Å². The number of benzene rings is 2. The number of anilines is 1. The number of nitrogens with one attached hydrogen (secondary N) is 1. The zero-order chi connectivity index (χ0) is 25.7. The zero-order valence-corrected chi connectivity index (χ0v) is 22.0. The van der Waals surface area contributed by atoms with Gasteiger partial charge in [-0.3, -0.25) is 19.5 Å². The number of amides is 2. The molecule has 0 aliphatic heterocycles. The van der Waals surface area contributed by atoms with Gasteiger partial charge in [0.15, 0.2) is 0 Å². The molecule has 0 radical (unpaired) electrons. The number of imidazole rings is 1. The Balaban J connectivity index is 1.61. The standard InChI is InChI=1S/C27H28ClN5O2S/c1-19-6-4-7-22(16-19)33-17-23(20-9-11-21(28)12-10-20)29-27(33)30-25(34)18-32(14-13-31(2)3)26(35)24-8-5-15-36-24/h4-12,15-17H,13-14,18H2,1-3H3,(H,29,30,34). The number of nitrogens with zero attached hydrogens (tertiary/aromatic N) is 4. The maximum atomic E-state index is 13.2. The van der Waals surface area contributed by atoms with E-state index in [1.54, 1.807) is 23.1 Å². The van der Waals surface area contributed by atoms with Gasteiger partial charge in [0.05, 0.1) is 10.6 Å². The number of carbonyl (C=O) groups is 2. The highest BCUT2D eigenvalue weighted by Gasteiger charge is 2.21. The van der Waals surface area contributed by atoms with Gasteiger partial charge in [-0.15, -0.1) is 11.3 Å². The highest BCUT2D eigenvalue weighted by atomic mass is 35.5. The highest BCUT2D eigenvalue weighted by molar-refractivity contribution is 7.12. The molecule has 0 bridgehead atoms. The van der Waals surface area contributed by atoms with Crippen LogP contribution < -0.4 is 5.32 Å². The molecular formula is C27H28ClN5O2S. The fourth-order valence-corrected chi connectivity index (χ4v) is 4.49. The molecule has 0 spiro atoms. The lowest BCUT2D eigenvalue weighted by molar-refractivity contribution is -0.117. The first-order valence-electron chi connectivity index (χ1n) is 11.5. The second kappa shape index (κ2) is 11.5. The second-order valence-electron chi connectivity index (χ2n) is 8.72. The molecule has 186 valence electrons. The van der Waals surface area contributed by atoms with E-state index in [4.69, 9.17) is 16.6 Å². The van der Waals surface area contributed by atoms with Crippen LogP contribution in [0.25, 0.3) is 16.9 Å². The normalized spacial score (nSPS) is 11.0. The molecule has 0 saturated heterocycles. The number of thiophene rings is 1. The predicted octanol–water partition coefficient (Wildman–Crippen LogP) is 5.21. The van der Waals surface area contributed by atoms with Crippen LogP contribution >= 0.6 is 22.9 Å². The fraction of sp³-hybridized carbons (Fsp3) is 0.222. The van der Waals surface area contributed by atoms with Crippen LogP contribution in [0.1, 0.15) is 15.2 Å². The number of rotatable bonds is 9. The van der Waals surface area contributed by atoms with Crippen LogP contribution in [0.5, 0.6) is 0 Å². The number of likely N-dealkylation sites (N-methyl/N-ethyl adjacent to an activating group) is 1. The van der Waals surface area contributed by atoms with E-state index in [1.165, 1.54) is 11.3 Å². The summed E-state index contributed by atoms with van der Waals surface area (Å²) >= 11 is 7.42. The van der Waals surface area contributed by atoms with E-state index in [-0.39, 0.29) is 18.4 Å². The second-order valence-corrected chi connectivity index (χ2v) is 10.1. The molecule has 9 heteroatoms. The van der Waals surface area contributed by atoms with Gasteiger partial charge in [0, 0.05) is 35.6 Å². The lowest BCUT2D eigenvalue weighted by atomic mass is 10.2. The summed E-state index contributed by atoms with van der Waals surface area (Å²) in [6.07, 6.45) is 1.88. The molecule has 0 aliphatic rings. The van der Waals surface area contributed by atoms with E-state index in [9.17, 15) is 9.59 Å². The fourth-order valence-electron chi connectivity index (χ4n) is 3.67. The van der Waals surface area contributed by atoms with Crippen molar-refractivity contribution in [3.05, 3.63) is 87.7 Å². The number of aromatic nitrogens is 2. The third-order valence-corrected chi connectivity index (χ3v) is 6.66. The SMILES string of the molecule is Cc1cccc(-n2cc(-c3ccc(Cl)cc3)nc2NC(=O)CN(CCN(C)C)C(=O)c2cccs2)c1. The van der Waals surface area contributed by atoms with Crippen LogP contribution in [0.4, 0.5) is 5.95 Å². The van der Waals surface area contributed by atoms with Crippen molar-refractivity contribution in [1.29, 1.82) is 0 Å². The van der Waals surface area contributed by atoms with Gasteiger partial charge < -0.3 is 9.80 Å². The lowest BCUT2D eigenvalue weighted by Gasteiger charge is -2.23. The van der Waals surface area contributed by atoms with Crippen molar-refractivity contribution in [3.63, 3.8) is 0 Å². The minimum atomic E-state index is -0.319. The van der Waals surface area contributed by atoms with Gasteiger partial charge in [-0.2, -0.15) is 0 Å². The van der Waals surface area contributed by atoms with Crippen LogP contribution in [0.15, 0.2) is 72.2 Å². The van der Waals surface area contributed by atoms with Gasteiger partial charge in [-0.05, 0) is 62.3 Å². The molecule has 0 saturated carbocycles. The van der Waals surface area contributed by atoms with Gasteiger partial charge in [-0.25, -0.2) is 4.98 Å². The number of hydrogen-bond acceptors (Lipinski definition) is 5. The maximum Gasteiger partial charge on any atom is 0.264 e. The van der Waals surface area contributed by atoms with Crippen molar-refractivity contribution >= 4 is 40.7 Å². The van der Waals surface area contributed by atoms with E-state index in [1.807, 2.05) is 84.5 Å². The molecule has 2 amide bonds. The molecule has 2 heterocycles. The molecule has 4 rings (SSSR count). The topological polar surface area (TPSA) is 70.5 Å². The lowest BCUT2D eigenvalue weighted by Crippen LogP contribution is -2.41. The minimum Gasteiger partial charge on any atom is -0.327 e. The van der Waals surface area contributed by atoms with Crippen molar-refractivity contribution in [1.82, 2.24) is 19.4 Å². The number of aryl methyl sites for hydroxylation is 1. The van der Waals surface area contributed by atoms with E-state index >= 15 is 0 Å². The van der Waals surface area contributed by atoms with Crippen LogP contribution in [-0.4, -0.2) is 64.9 Å². The molecule has 0 aliphatic carbocycles. The largest absolute Gasteiger partial charge is 0.327 e. The Hall–Kier alpha value is -3.46. The molecular weight excluding hydrogens is 494 g/mol. The predicted molar refractivity (Wildman–Crippen MR) is 146 cm³/mol. The summed E-state index contributed by atoms with van der Waals surface area (Å²) in [6, 6.07) is 18.9. The summed E-state index contributed by atoms with van der Waals surface area (Å²) in [6.45, 7) is 3.00. The van der Waals surface area contributed by atoms with E-state index in [2.05, 4.69) is 5.32 Å². The Morgan fingerprint density at radius 1 is 1.06 bits per heavy atom. The zero-order valence-electron chi connectivity index (χ0n) is 20.4. The first kappa shape index (κ1) is 25.6. The maximum absolute atomic E-state index is 13.2. The van der Waals surface area contributed by atoms with Gasteiger partial charge in [0.25, 0.3) is 5.91 Å². The minimum absolute atomic E-state index is 0.0818. The van der Waals surface area contributed by atoms with Gasteiger partial charge in [0.2, 0.25) is 11.9 Å². The smallest absolute Gasteiger partial charge is 0.264 e. The average molecular weight is 522 g/mol. The van der Waals surface area contributed by atoms with Crippen LogP contribution in [0, 0.1) is 6.92 Å². The van der Waals surface area contributed by atoms with E-state index in [0.717, 1.165) is 16.8 Å². The Morgan fingerprint density at radius 3 is 2.50 bits per heavy atom. The van der Waals surface area contributed by atoms with Crippen molar-refractivity contribution < 1.29 is 9.59 Å². The Kier molecular flexibility index (Phi) is 8.20. The van der Waals surface area contributed by atoms with Crippen molar-refractivity contribution in [2.24, 2.45) is 0 Å². The molecule has 0 atom stereocenters. The first-order valence-corrected chi connectivity index (χ1v) is 12.8. The van der Waals surface area contributed by atoms with Crippen LogP contribution in [0.2, 0.25) is 5.02 Å². The number of halogens is 1. The summed E-state index contributed by atoms with van der Waals surface area (Å²) in [5.41, 5.74) is 3.53. The Morgan fingerprint density at radius 2 is 1.83 bits per heavy atom. The summed E-state index contributed by atoms with van der Waals surface area (Å²) in [5.74, 6) is -0.0987. The quantitative estimate of drug-likeness (QED) is 0.328. The third-order valence-electron chi connectivity index (χ3n) is 5.55. The molecule has 0 fully saturated rings. The molecule has 2 aromatic heterocycles. The monoisotopic (exact) mass is 521 g/mol. The molecule has 2 aromatic carbocycles. The first-order chi connectivity index (χ1) is 17.3. The Labute approximate surface area is 219 Å². The number of carbonyl (C=O) groups excluding carboxylic acids is 2. The average Bonchev–Trinajstić information content (AvgIpc) is 3.52. The Bertz CT molecular complexity index is 1330. The summed E-state index contributed by atoms with van der Waals surface area (Å²) in [4.78, 5) is 35.1. The number of hydrogen-bond donors (Lipinski definition) is 1. The van der Waals surface area contributed by atoms with E-state index < -0.39 is 0 Å². The van der Waals surface area contributed by atoms with Crippen LogP contribution in [0.3, 0.4) is 0 Å². The van der Waals surface area contributed by atoms with E-state index in [0.29, 0.717) is 34.6 Å². The highest BCUT2D eigenvalue weighted by Crippen LogP contribution is 2.26. The summed E-state index contributed by atoms with van der Waals surface area (Å²) < 4.78 is 1.85. The van der Waals surface area contributed by atoms with Crippen molar-refractivity contribution in [2.45, 2.75) is 6.92 Å². The molecule has 1 N–H and O–H groups in total. The third kappa shape index (κ3) is 6.40. The molecule has 4 aromatic rings.